The van der Waals surface area contributed by atoms with Crippen molar-refractivity contribution in [1.82, 2.24) is 9.88 Å². The second kappa shape index (κ2) is 11.8. The van der Waals surface area contributed by atoms with Crippen LogP contribution in [0, 0.1) is 30.1 Å². The molecule has 1 aromatic heterocycles. The number of nitrogens with one attached hydrogen (secondary N) is 2. The monoisotopic (exact) mass is 571 g/mol. The molecule has 3 aromatic rings. The lowest BCUT2D eigenvalue weighted by Gasteiger charge is -2.40. The average Bonchev–Trinajstić information content (AvgIpc) is 3.37. The molecule has 6 rings (SSSR count). The van der Waals surface area contributed by atoms with Crippen molar-refractivity contribution in [3.8, 4) is 12.3 Å². The van der Waals surface area contributed by atoms with Gasteiger partial charge in [-0.2, -0.15) is 0 Å². The Bertz CT molecular complexity index is 1460. The van der Waals surface area contributed by atoms with Gasteiger partial charge in [-0.1, -0.05) is 37.3 Å². The second-order valence-corrected chi connectivity index (χ2v) is 12.3. The number of halogens is 1. The number of ether oxygens (including phenoxy) is 1. The number of carbonyl (C=O) groups is 2. The zero-order valence-electron chi connectivity index (χ0n) is 23.6. The number of benzene rings is 2. The van der Waals surface area contributed by atoms with Crippen LogP contribution in [0.4, 0.5) is 5.69 Å². The maximum Gasteiger partial charge on any atom is 0.328 e. The van der Waals surface area contributed by atoms with Gasteiger partial charge in [0.1, 0.15) is 11.9 Å². The van der Waals surface area contributed by atoms with Crippen LogP contribution in [0.15, 0.2) is 42.5 Å². The van der Waals surface area contributed by atoms with Crippen molar-refractivity contribution in [3.05, 3.63) is 64.8 Å². The summed E-state index contributed by atoms with van der Waals surface area (Å²) < 4.78 is 5.16. The lowest BCUT2D eigenvalue weighted by molar-refractivity contribution is -0.154. The fourth-order valence-corrected chi connectivity index (χ4v) is 7.92. The van der Waals surface area contributed by atoms with Crippen molar-refractivity contribution in [3.63, 3.8) is 0 Å². The van der Waals surface area contributed by atoms with Gasteiger partial charge in [0.2, 0.25) is 5.91 Å². The Labute approximate surface area is 247 Å². The molecule has 2 bridgehead atoms. The number of rotatable bonds is 7. The van der Waals surface area contributed by atoms with Crippen LogP contribution >= 0.6 is 11.6 Å². The minimum absolute atomic E-state index is 0.233. The van der Waals surface area contributed by atoms with Gasteiger partial charge in [0.15, 0.2) is 0 Å². The van der Waals surface area contributed by atoms with Crippen LogP contribution in [0.2, 0.25) is 0 Å². The van der Waals surface area contributed by atoms with Gasteiger partial charge < -0.3 is 19.9 Å². The quantitative estimate of drug-likeness (QED) is 0.195. The van der Waals surface area contributed by atoms with Gasteiger partial charge in [0.05, 0.1) is 13.2 Å². The van der Waals surface area contributed by atoms with E-state index < -0.39 is 18.1 Å². The molecule has 0 radical (unpaired) electrons. The van der Waals surface area contributed by atoms with Crippen molar-refractivity contribution in [2.24, 2.45) is 17.8 Å². The molecule has 1 amide bonds. The summed E-state index contributed by atoms with van der Waals surface area (Å²) in [5, 5.41) is 4.58. The number of aromatic amines is 1. The van der Waals surface area contributed by atoms with E-state index in [-0.39, 0.29) is 11.8 Å². The number of alkyl halides is 1. The molecule has 0 spiro atoms. The Morgan fingerprint density at radius 1 is 1.12 bits per heavy atom. The Kier molecular flexibility index (Phi) is 7.99. The number of aromatic nitrogens is 1. The third kappa shape index (κ3) is 5.45. The van der Waals surface area contributed by atoms with E-state index in [0.717, 1.165) is 63.3 Å². The molecule has 4 atom stereocenters. The number of methoxy groups -OCH3 is 1. The number of anilines is 1. The molecule has 2 fully saturated rings. The summed E-state index contributed by atoms with van der Waals surface area (Å²) in [6, 6.07) is 12.7. The number of nitrogens with zero attached hydrogens (tertiary/aromatic N) is 1. The fraction of sp³-hybridized carbons (Fsp3) is 0.471. The smallest absolute Gasteiger partial charge is 0.328 e. The van der Waals surface area contributed by atoms with Gasteiger partial charge in [-0.3, -0.25) is 4.79 Å². The number of fused-ring (bicyclic) bond motifs is 5. The SMILES string of the molecule is C#Cc1ccc2[nH]c3c(c2c1)CC(C(=O)OC)N(C(=O)CCl)[C@H]3c1ccc(NCCC2CC3CCCC(C3)C2)cc1. The summed E-state index contributed by atoms with van der Waals surface area (Å²) >= 11 is 6.09. The molecule has 2 aliphatic carbocycles. The molecule has 2 saturated carbocycles. The standard InChI is InChI=1S/C34H38ClN3O3/c1-3-21-7-12-29-27(18-21)28-19-30(34(40)41-2)38(31(39)20-35)33(32(28)37-29)25-8-10-26(11-9-25)36-14-13-24-16-22-5-4-6-23(15-22)17-24/h1,7-12,18,22-24,30,33,36-37H,4-6,13-17,19-20H2,2H3/t22?,23?,24?,30?,33-/m0/s1. The minimum atomic E-state index is -0.801. The van der Waals surface area contributed by atoms with Gasteiger partial charge in [0, 0.05) is 40.8 Å². The third-order valence-corrected chi connectivity index (χ3v) is 9.83. The molecular formula is C34H38ClN3O3. The molecule has 41 heavy (non-hydrogen) atoms. The highest BCUT2D eigenvalue weighted by Gasteiger charge is 2.43. The zero-order valence-corrected chi connectivity index (χ0v) is 24.4. The molecule has 2 aromatic carbocycles. The Morgan fingerprint density at radius 3 is 2.56 bits per heavy atom. The molecule has 2 N–H and O–H groups in total. The van der Waals surface area contributed by atoms with Crippen molar-refractivity contribution < 1.29 is 14.3 Å². The molecule has 0 saturated heterocycles. The van der Waals surface area contributed by atoms with E-state index >= 15 is 0 Å². The van der Waals surface area contributed by atoms with Crippen LogP contribution in [0.5, 0.6) is 0 Å². The number of carbonyl (C=O) groups excluding carboxylic acids is 2. The zero-order chi connectivity index (χ0) is 28.5. The molecule has 2 heterocycles. The van der Waals surface area contributed by atoms with E-state index in [9.17, 15) is 9.59 Å². The Balaban J connectivity index is 1.27. The molecule has 7 heteroatoms. The summed E-state index contributed by atoms with van der Waals surface area (Å²) in [7, 11) is 1.35. The molecule has 6 nitrogen and oxygen atoms in total. The van der Waals surface area contributed by atoms with Gasteiger partial charge in [0.25, 0.3) is 0 Å². The van der Waals surface area contributed by atoms with Crippen molar-refractivity contribution in [2.45, 2.75) is 63.5 Å². The number of H-pyrrole nitrogens is 1. The average molecular weight is 572 g/mol. The van der Waals surface area contributed by atoms with Crippen LogP contribution in [-0.2, 0) is 20.7 Å². The topological polar surface area (TPSA) is 74.4 Å². The first-order valence-electron chi connectivity index (χ1n) is 14.9. The number of esters is 1. The van der Waals surface area contributed by atoms with Crippen LogP contribution in [0.25, 0.3) is 10.9 Å². The van der Waals surface area contributed by atoms with E-state index in [0.29, 0.717) is 6.42 Å². The largest absolute Gasteiger partial charge is 0.467 e. The normalized spacial score (nSPS) is 25.3. The first kappa shape index (κ1) is 27.7. The maximum atomic E-state index is 13.3. The molecule has 1 aliphatic heterocycles. The first-order valence-corrected chi connectivity index (χ1v) is 15.4. The molecule has 214 valence electrons. The van der Waals surface area contributed by atoms with E-state index in [1.165, 1.54) is 52.1 Å². The van der Waals surface area contributed by atoms with E-state index in [1.54, 1.807) is 4.90 Å². The Hall–Kier alpha value is -3.43. The van der Waals surface area contributed by atoms with Gasteiger partial charge in [-0.05, 0) is 84.9 Å². The van der Waals surface area contributed by atoms with E-state index in [2.05, 4.69) is 28.4 Å². The predicted octanol–water partition coefficient (Wildman–Crippen LogP) is 6.42. The summed E-state index contributed by atoms with van der Waals surface area (Å²) in [6.45, 7) is 0.956. The van der Waals surface area contributed by atoms with E-state index in [1.807, 2.05) is 30.3 Å². The maximum absolute atomic E-state index is 13.3. The Morgan fingerprint density at radius 2 is 1.88 bits per heavy atom. The highest BCUT2D eigenvalue weighted by atomic mass is 35.5. The summed E-state index contributed by atoms with van der Waals surface area (Å²) in [4.78, 5) is 31.4. The van der Waals surface area contributed by atoms with Crippen molar-refractivity contribution in [2.75, 3.05) is 24.9 Å². The predicted molar refractivity (Wildman–Crippen MR) is 163 cm³/mol. The van der Waals surface area contributed by atoms with Gasteiger partial charge in [-0.25, -0.2) is 4.79 Å². The van der Waals surface area contributed by atoms with Crippen LogP contribution < -0.4 is 5.32 Å². The van der Waals surface area contributed by atoms with Crippen LogP contribution in [0.3, 0.4) is 0 Å². The number of amides is 1. The first-order chi connectivity index (χ1) is 20.0. The molecule has 3 unspecified atom stereocenters. The van der Waals surface area contributed by atoms with Gasteiger partial charge >= 0.3 is 5.97 Å². The van der Waals surface area contributed by atoms with Crippen molar-refractivity contribution >= 4 is 40.1 Å². The summed E-state index contributed by atoms with van der Waals surface area (Å²) in [5.74, 6) is 4.40. The number of terminal acetylenes is 1. The molecular weight excluding hydrogens is 534 g/mol. The number of hydrogen-bond donors (Lipinski definition) is 2. The summed E-state index contributed by atoms with van der Waals surface area (Å²) in [6.07, 6.45) is 15.7. The van der Waals surface area contributed by atoms with E-state index in [4.69, 9.17) is 22.8 Å². The minimum Gasteiger partial charge on any atom is -0.467 e. The highest BCUT2D eigenvalue weighted by molar-refractivity contribution is 6.27. The second-order valence-electron chi connectivity index (χ2n) is 12.1. The fourth-order valence-electron chi connectivity index (χ4n) is 7.78. The van der Waals surface area contributed by atoms with Gasteiger partial charge in [-0.15, -0.1) is 18.0 Å². The van der Waals surface area contributed by atoms with Crippen LogP contribution in [0.1, 0.15) is 73.4 Å². The lowest BCUT2D eigenvalue weighted by atomic mass is 9.67. The molecule has 3 aliphatic rings. The van der Waals surface area contributed by atoms with Crippen LogP contribution in [-0.4, -0.2) is 47.3 Å². The third-order valence-electron chi connectivity index (χ3n) is 9.60. The lowest BCUT2D eigenvalue weighted by Crippen LogP contribution is -2.52. The van der Waals surface area contributed by atoms with Crippen molar-refractivity contribution in [1.29, 1.82) is 0 Å². The summed E-state index contributed by atoms with van der Waals surface area (Å²) in [5.41, 5.74) is 5.46. The number of hydrogen-bond acceptors (Lipinski definition) is 4. The highest BCUT2D eigenvalue weighted by Crippen LogP contribution is 2.44.